The van der Waals surface area contributed by atoms with E-state index >= 15 is 0 Å². The molecule has 0 aliphatic heterocycles. The van der Waals surface area contributed by atoms with Gasteiger partial charge in [-0.25, -0.2) is 0 Å². The quantitative estimate of drug-likeness (QED) is 0.129. The second kappa shape index (κ2) is 21.8. The van der Waals surface area contributed by atoms with Gasteiger partial charge in [0.05, 0.1) is 12.5 Å². The summed E-state index contributed by atoms with van der Waals surface area (Å²) in [5, 5.41) is 22.0. The third-order valence-corrected chi connectivity index (χ3v) is 4.09. The zero-order valence-corrected chi connectivity index (χ0v) is 18.7. The summed E-state index contributed by atoms with van der Waals surface area (Å²) in [4.78, 5) is 11.5. The lowest BCUT2D eigenvalue weighted by Crippen LogP contribution is -2.28. The summed E-state index contributed by atoms with van der Waals surface area (Å²) in [6.45, 7) is 2.46. The smallest absolute Gasteiger partial charge is 0.310 e. The monoisotopic (exact) mass is 419 g/mol. The van der Waals surface area contributed by atoms with E-state index in [0.29, 0.717) is 13.0 Å². The Morgan fingerprint density at radius 1 is 0.867 bits per heavy atom. The van der Waals surface area contributed by atoms with Gasteiger partial charge in [-0.1, -0.05) is 67.7 Å². The number of aliphatic hydroxyl groups excluding tert-OH is 2. The van der Waals surface area contributed by atoms with E-state index in [-0.39, 0.29) is 6.42 Å². The largest absolute Gasteiger partial charge is 0.436 e. The van der Waals surface area contributed by atoms with E-state index in [0.717, 1.165) is 44.9 Å². The standard InChI is InChI=1S/C25H41NO4/c1-3-4-5-6-7-8-9-10-11-12-13-14-15-16-17-18-19-20-24(28)30-25(29)21-23(27)22-26-2/h4-5,7-8,10-11,13-14,16-17,23-24,26-28H,3,6,9,12,15,18-22H2,1-2H3/b5-4-,8-7-,11-10-,14-13-,17-16-. The van der Waals surface area contributed by atoms with Gasteiger partial charge >= 0.3 is 5.97 Å². The SMILES string of the molecule is CC/C=C\C/C=C\C/C=C\C/C=C\C/C=C\CCCC(O)OC(=O)CC(O)CNC. The van der Waals surface area contributed by atoms with Crippen LogP contribution in [0.1, 0.15) is 64.7 Å². The molecule has 30 heavy (non-hydrogen) atoms. The number of carbonyl (C=O) groups is 1. The molecular weight excluding hydrogens is 378 g/mol. The molecule has 5 nitrogen and oxygen atoms in total. The number of unbranched alkanes of at least 4 members (excludes halogenated alkanes) is 1. The molecular formula is C25H41NO4. The van der Waals surface area contributed by atoms with Crippen LogP contribution in [0.15, 0.2) is 60.8 Å². The first-order valence-electron chi connectivity index (χ1n) is 11.0. The number of likely N-dealkylation sites (N-methyl/N-ethyl adjacent to an activating group) is 1. The molecule has 0 saturated carbocycles. The fourth-order valence-corrected chi connectivity index (χ4v) is 2.54. The fraction of sp³-hybridized carbons (Fsp3) is 0.560. The molecule has 5 heteroatoms. The minimum absolute atomic E-state index is 0.118. The second-order valence-corrected chi connectivity index (χ2v) is 7.00. The van der Waals surface area contributed by atoms with Gasteiger partial charge in [-0.15, -0.1) is 0 Å². The molecule has 0 rings (SSSR count). The van der Waals surface area contributed by atoms with Crippen LogP contribution in [0.25, 0.3) is 0 Å². The molecule has 0 heterocycles. The van der Waals surface area contributed by atoms with Crippen molar-refractivity contribution in [2.45, 2.75) is 77.1 Å². The maximum Gasteiger partial charge on any atom is 0.310 e. The number of aliphatic hydroxyl groups is 2. The lowest BCUT2D eigenvalue weighted by atomic mass is 10.2. The Labute approximate surface area is 182 Å². The van der Waals surface area contributed by atoms with Crippen molar-refractivity contribution in [2.75, 3.05) is 13.6 Å². The molecule has 3 N–H and O–H groups in total. The minimum Gasteiger partial charge on any atom is -0.436 e. The highest BCUT2D eigenvalue weighted by Crippen LogP contribution is 2.06. The highest BCUT2D eigenvalue weighted by Gasteiger charge is 2.14. The summed E-state index contributed by atoms with van der Waals surface area (Å²) < 4.78 is 4.88. The van der Waals surface area contributed by atoms with Crippen LogP contribution >= 0.6 is 0 Å². The summed E-state index contributed by atoms with van der Waals surface area (Å²) in [5.41, 5.74) is 0. The average molecular weight is 420 g/mol. The van der Waals surface area contributed by atoms with Crippen molar-refractivity contribution in [3.63, 3.8) is 0 Å². The van der Waals surface area contributed by atoms with Crippen LogP contribution in [-0.2, 0) is 9.53 Å². The van der Waals surface area contributed by atoms with Crippen LogP contribution in [0.4, 0.5) is 0 Å². The van der Waals surface area contributed by atoms with Crippen molar-refractivity contribution in [2.24, 2.45) is 0 Å². The first-order chi connectivity index (χ1) is 14.6. The van der Waals surface area contributed by atoms with Gasteiger partial charge in [0.2, 0.25) is 6.29 Å². The molecule has 0 aromatic rings. The molecule has 0 aliphatic rings. The summed E-state index contributed by atoms with van der Waals surface area (Å²) in [6.07, 6.45) is 26.4. The van der Waals surface area contributed by atoms with Crippen molar-refractivity contribution in [3.8, 4) is 0 Å². The Morgan fingerprint density at radius 3 is 1.87 bits per heavy atom. The van der Waals surface area contributed by atoms with Gasteiger partial charge in [0, 0.05) is 13.0 Å². The first kappa shape index (κ1) is 28.1. The molecule has 0 aliphatic carbocycles. The number of esters is 1. The fourth-order valence-electron chi connectivity index (χ4n) is 2.54. The number of ether oxygens (including phenoxy) is 1. The molecule has 2 unspecified atom stereocenters. The Kier molecular flexibility index (Phi) is 20.3. The molecule has 0 radical (unpaired) electrons. The Bertz CT molecular complexity index is 549. The highest BCUT2D eigenvalue weighted by molar-refractivity contribution is 5.70. The molecule has 0 aromatic heterocycles. The Hall–Kier alpha value is -1.95. The zero-order chi connectivity index (χ0) is 22.3. The number of hydrogen-bond acceptors (Lipinski definition) is 5. The van der Waals surface area contributed by atoms with Crippen LogP contribution in [0, 0.1) is 0 Å². The number of rotatable bonds is 18. The Morgan fingerprint density at radius 2 is 1.37 bits per heavy atom. The van der Waals surface area contributed by atoms with Gasteiger partial charge in [-0.3, -0.25) is 4.79 Å². The maximum absolute atomic E-state index is 11.5. The van der Waals surface area contributed by atoms with Crippen LogP contribution in [0.5, 0.6) is 0 Å². The van der Waals surface area contributed by atoms with Gasteiger partial charge in [0.25, 0.3) is 0 Å². The van der Waals surface area contributed by atoms with Crippen molar-refractivity contribution in [3.05, 3.63) is 60.8 Å². The number of hydrogen-bond donors (Lipinski definition) is 3. The van der Waals surface area contributed by atoms with Gasteiger partial charge in [0.1, 0.15) is 0 Å². The van der Waals surface area contributed by atoms with E-state index < -0.39 is 18.4 Å². The average Bonchev–Trinajstić information content (AvgIpc) is 2.70. The van der Waals surface area contributed by atoms with E-state index in [4.69, 9.17) is 4.74 Å². The number of carbonyl (C=O) groups excluding carboxylic acids is 1. The van der Waals surface area contributed by atoms with Crippen LogP contribution in [0.3, 0.4) is 0 Å². The zero-order valence-electron chi connectivity index (χ0n) is 18.7. The van der Waals surface area contributed by atoms with E-state index in [2.05, 4.69) is 73.0 Å². The number of allylic oxidation sites excluding steroid dienone is 10. The van der Waals surface area contributed by atoms with E-state index in [1.807, 2.05) is 0 Å². The predicted octanol–water partition coefficient (Wildman–Crippen LogP) is 4.74. The van der Waals surface area contributed by atoms with Crippen LogP contribution < -0.4 is 5.32 Å². The van der Waals surface area contributed by atoms with Crippen molar-refractivity contribution < 1.29 is 19.7 Å². The first-order valence-corrected chi connectivity index (χ1v) is 11.0. The summed E-state index contributed by atoms with van der Waals surface area (Å²) >= 11 is 0. The molecule has 0 bridgehead atoms. The van der Waals surface area contributed by atoms with Gasteiger partial charge < -0.3 is 20.3 Å². The Balaban J connectivity index is 3.64. The predicted molar refractivity (Wildman–Crippen MR) is 125 cm³/mol. The molecule has 2 atom stereocenters. The summed E-state index contributed by atoms with van der Waals surface area (Å²) in [5.74, 6) is -0.583. The highest BCUT2D eigenvalue weighted by atomic mass is 16.6. The molecule has 0 amide bonds. The normalized spacial score (nSPS) is 14.7. The second-order valence-electron chi connectivity index (χ2n) is 7.00. The molecule has 0 fully saturated rings. The van der Waals surface area contributed by atoms with Crippen LogP contribution in [-0.4, -0.2) is 42.2 Å². The number of nitrogens with one attached hydrogen (secondary N) is 1. The summed E-state index contributed by atoms with van der Waals surface area (Å²) in [6, 6.07) is 0. The lowest BCUT2D eigenvalue weighted by Gasteiger charge is -2.13. The van der Waals surface area contributed by atoms with E-state index in [9.17, 15) is 15.0 Å². The molecule has 0 aromatic carbocycles. The minimum atomic E-state index is -1.11. The van der Waals surface area contributed by atoms with Gasteiger partial charge in [-0.05, 0) is 52.0 Å². The van der Waals surface area contributed by atoms with Crippen molar-refractivity contribution in [1.29, 1.82) is 0 Å². The lowest BCUT2D eigenvalue weighted by molar-refractivity contribution is -0.170. The topological polar surface area (TPSA) is 78.8 Å². The third kappa shape index (κ3) is 20.8. The van der Waals surface area contributed by atoms with Gasteiger partial charge in [-0.2, -0.15) is 0 Å². The van der Waals surface area contributed by atoms with Gasteiger partial charge in [0.15, 0.2) is 0 Å². The van der Waals surface area contributed by atoms with E-state index in [1.54, 1.807) is 7.05 Å². The van der Waals surface area contributed by atoms with E-state index in [1.165, 1.54) is 0 Å². The van der Waals surface area contributed by atoms with Crippen molar-refractivity contribution in [1.82, 2.24) is 5.32 Å². The third-order valence-electron chi connectivity index (χ3n) is 4.09. The molecule has 170 valence electrons. The van der Waals surface area contributed by atoms with Crippen LogP contribution in [0.2, 0.25) is 0 Å². The van der Waals surface area contributed by atoms with Crippen molar-refractivity contribution >= 4 is 5.97 Å². The summed E-state index contributed by atoms with van der Waals surface area (Å²) in [7, 11) is 1.69. The molecule has 0 saturated heterocycles. The molecule has 0 spiro atoms. The maximum atomic E-state index is 11.5.